The van der Waals surface area contributed by atoms with Crippen molar-refractivity contribution in [3.8, 4) is 0 Å². The van der Waals surface area contributed by atoms with E-state index in [1.165, 1.54) is 6.92 Å². The minimum atomic E-state index is -1.21. The zero-order valence-electron chi connectivity index (χ0n) is 24.9. The van der Waals surface area contributed by atoms with Crippen molar-refractivity contribution in [1.82, 2.24) is 10.6 Å². The Balaban J connectivity index is 0. The number of benzene rings is 1. The van der Waals surface area contributed by atoms with Crippen molar-refractivity contribution in [3.05, 3.63) is 35.9 Å². The molecular weight excluding hydrogens is 600 g/mol. The molecule has 18 heteroatoms. The Morgan fingerprint density at radius 2 is 1.18 bits per heavy atom. The molecule has 0 saturated carbocycles. The number of amides is 1. The lowest BCUT2D eigenvalue weighted by Crippen LogP contribution is -2.39. The van der Waals surface area contributed by atoms with Gasteiger partial charge < -0.3 is 64.2 Å². The number of nitrogens with two attached hydrogens (primary N) is 4. The minimum Gasteiger partial charge on any atom is -0.480 e. The summed E-state index contributed by atoms with van der Waals surface area (Å²) in [5.41, 5.74) is 20.8. The fourth-order valence-corrected chi connectivity index (χ4v) is 3.26. The van der Waals surface area contributed by atoms with E-state index in [4.69, 9.17) is 47.8 Å². The third kappa shape index (κ3) is 22.9. The Morgan fingerprint density at radius 1 is 0.756 bits per heavy atom. The van der Waals surface area contributed by atoms with Crippen LogP contribution in [0.4, 0.5) is 0 Å². The summed E-state index contributed by atoms with van der Waals surface area (Å²) in [5, 5.41) is 55.6. The highest BCUT2D eigenvalue weighted by atomic mass is 16.4. The van der Waals surface area contributed by atoms with E-state index < -0.39 is 60.0 Å². The van der Waals surface area contributed by atoms with E-state index in [0.29, 0.717) is 6.42 Å². The highest BCUT2D eigenvalue weighted by Gasteiger charge is 2.21. The maximum atomic E-state index is 10.4. The van der Waals surface area contributed by atoms with Gasteiger partial charge in [0.25, 0.3) is 0 Å². The number of nitrogens with one attached hydrogen (secondary N) is 2. The third-order valence-corrected chi connectivity index (χ3v) is 5.88. The van der Waals surface area contributed by atoms with Crippen molar-refractivity contribution >= 4 is 35.8 Å². The molecular formula is C27H46N6O12. The van der Waals surface area contributed by atoms with E-state index >= 15 is 0 Å². The number of hydrogen-bond acceptors (Lipinski definition) is 12. The number of carboxylic acids is 5. The summed E-state index contributed by atoms with van der Waals surface area (Å²) in [6, 6.07) is 5.68. The van der Waals surface area contributed by atoms with Crippen LogP contribution in [0.1, 0.15) is 44.6 Å². The van der Waals surface area contributed by atoms with Gasteiger partial charge in [0.1, 0.15) is 30.2 Å². The van der Waals surface area contributed by atoms with Crippen LogP contribution < -0.4 is 33.6 Å². The van der Waals surface area contributed by atoms with Gasteiger partial charge in [-0.15, -0.1) is 0 Å². The number of aliphatic hydroxyl groups excluding tert-OH is 1. The summed E-state index contributed by atoms with van der Waals surface area (Å²) in [6.45, 7) is 3.05. The van der Waals surface area contributed by atoms with Crippen LogP contribution in [0.5, 0.6) is 0 Å². The van der Waals surface area contributed by atoms with Crippen LogP contribution in [0.25, 0.3) is 0 Å². The molecule has 0 spiro atoms. The van der Waals surface area contributed by atoms with Crippen LogP contribution in [0.3, 0.4) is 0 Å². The number of carbonyl (C=O) groups is 6. The predicted molar refractivity (Wildman–Crippen MR) is 160 cm³/mol. The van der Waals surface area contributed by atoms with E-state index in [-0.39, 0.29) is 18.5 Å². The molecule has 1 amide bonds. The number of carboxylic acid groups (broad SMARTS) is 5. The number of rotatable bonds is 10. The van der Waals surface area contributed by atoms with E-state index in [1.54, 1.807) is 0 Å². The first kappa shape index (κ1) is 42.9. The maximum absolute atomic E-state index is 10.4. The molecule has 45 heavy (non-hydrogen) atoms. The monoisotopic (exact) mass is 646 g/mol. The normalized spacial score (nSPS) is 19.0. The molecule has 2 saturated heterocycles. The molecule has 2 heterocycles. The summed E-state index contributed by atoms with van der Waals surface area (Å²) in [7, 11) is 0. The second kappa shape index (κ2) is 24.2. The standard InChI is InChI=1S/C9H11NO2.2C5H9NO2.C4H8N2O3.C4H9NO3/c10-8(9(11)12)6-7-4-2-1-3-5-7;2*7-5(8)4-2-1-3-6-4;5-2(4(8)9)1-3(6)7;1-2(6)3(5)4(7)8/h1-5,8H,6,10H2,(H,11,12);2*4,6H,1-3H2,(H,7,8);2H,1,5H2,(H2,6,7)(H,8,9);2-3,6H,5H2,1H3,(H,7,8)/t;2*4-;;/m.00../s1. The lowest BCUT2D eigenvalue weighted by molar-refractivity contribution is -0.141. The van der Waals surface area contributed by atoms with Crippen molar-refractivity contribution in [2.45, 2.75) is 81.8 Å². The first-order valence-electron chi connectivity index (χ1n) is 13.8. The number of carbonyl (C=O) groups excluding carboxylic acids is 1. The Bertz CT molecular complexity index is 1010. The van der Waals surface area contributed by atoms with Gasteiger partial charge >= 0.3 is 29.8 Å². The molecule has 4 unspecified atom stereocenters. The molecule has 0 aromatic heterocycles. The Labute approximate surface area is 259 Å². The van der Waals surface area contributed by atoms with Crippen molar-refractivity contribution in [3.63, 3.8) is 0 Å². The highest BCUT2D eigenvalue weighted by Crippen LogP contribution is 2.04. The first-order valence-corrected chi connectivity index (χ1v) is 13.8. The number of hydrogen-bond donors (Lipinski definition) is 12. The molecule has 3 rings (SSSR count). The number of aliphatic hydroxyl groups is 1. The molecule has 18 nitrogen and oxygen atoms in total. The van der Waals surface area contributed by atoms with Gasteiger partial charge in [0.2, 0.25) is 5.91 Å². The van der Waals surface area contributed by atoms with Crippen molar-refractivity contribution in [2.75, 3.05) is 13.1 Å². The molecule has 1 aromatic carbocycles. The van der Waals surface area contributed by atoms with Gasteiger partial charge in [-0.3, -0.25) is 28.8 Å². The average Bonchev–Trinajstić information content (AvgIpc) is 3.69. The molecule has 0 bridgehead atoms. The van der Waals surface area contributed by atoms with Crippen LogP contribution in [0.15, 0.2) is 30.3 Å². The van der Waals surface area contributed by atoms with E-state index in [1.807, 2.05) is 30.3 Å². The van der Waals surface area contributed by atoms with Crippen molar-refractivity contribution < 1.29 is 59.4 Å². The second-order valence-corrected chi connectivity index (χ2v) is 9.83. The topological polar surface area (TPSA) is 352 Å². The molecule has 2 fully saturated rings. The van der Waals surface area contributed by atoms with Crippen LogP contribution in [0, 0.1) is 0 Å². The fourth-order valence-electron chi connectivity index (χ4n) is 3.26. The molecule has 16 N–H and O–H groups in total. The quantitative estimate of drug-likeness (QED) is 0.123. The number of primary amides is 1. The van der Waals surface area contributed by atoms with E-state index in [2.05, 4.69) is 16.4 Å². The SMILES string of the molecule is CC(O)C(N)C(=O)O.NC(=O)CC(N)C(=O)O.NC(Cc1ccccc1)C(=O)O.O=C(O)[C@@H]1CCCN1.O=C(O)[C@@H]1CCCN1. The van der Waals surface area contributed by atoms with E-state index in [0.717, 1.165) is 44.3 Å². The van der Waals surface area contributed by atoms with Gasteiger partial charge in [0.05, 0.1) is 12.5 Å². The molecule has 1 aromatic rings. The van der Waals surface area contributed by atoms with Gasteiger partial charge in [-0.1, -0.05) is 30.3 Å². The smallest absolute Gasteiger partial charge is 0.323 e. The summed E-state index contributed by atoms with van der Waals surface area (Å²) < 4.78 is 0. The Morgan fingerprint density at radius 3 is 1.38 bits per heavy atom. The fraction of sp³-hybridized carbons (Fsp3) is 0.556. The average molecular weight is 647 g/mol. The van der Waals surface area contributed by atoms with Gasteiger partial charge in [0, 0.05) is 0 Å². The van der Waals surface area contributed by atoms with E-state index in [9.17, 15) is 28.8 Å². The second-order valence-electron chi connectivity index (χ2n) is 9.83. The third-order valence-electron chi connectivity index (χ3n) is 5.88. The summed E-state index contributed by atoms with van der Waals surface area (Å²) in [5.74, 6) is -5.50. The van der Waals surface area contributed by atoms with Gasteiger partial charge in [-0.05, 0) is 57.7 Å². The van der Waals surface area contributed by atoms with Crippen LogP contribution in [-0.4, -0.2) is 116 Å². The Kier molecular flexibility index (Phi) is 23.0. The lowest BCUT2D eigenvalue weighted by Gasteiger charge is -2.06. The summed E-state index contributed by atoms with van der Waals surface area (Å²) in [6.07, 6.45) is 2.66. The number of aliphatic carboxylic acids is 5. The largest absolute Gasteiger partial charge is 0.480 e. The van der Waals surface area contributed by atoms with Crippen LogP contribution >= 0.6 is 0 Å². The molecule has 256 valence electrons. The maximum Gasteiger partial charge on any atom is 0.323 e. The van der Waals surface area contributed by atoms with Crippen molar-refractivity contribution in [2.24, 2.45) is 22.9 Å². The molecule has 0 aliphatic carbocycles. The molecule has 2 aliphatic rings. The van der Waals surface area contributed by atoms with Crippen LogP contribution in [-0.2, 0) is 35.2 Å². The Hall–Kier alpha value is -4.20. The molecule has 2 aliphatic heterocycles. The first-order chi connectivity index (χ1) is 20.9. The summed E-state index contributed by atoms with van der Waals surface area (Å²) >= 11 is 0. The zero-order chi connectivity index (χ0) is 35.1. The van der Waals surface area contributed by atoms with Gasteiger partial charge in [0.15, 0.2) is 0 Å². The lowest BCUT2D eigenvalue weighted by atomic mass is 10.1. The molecule has 0 radical (unpaired) electrons. The minimum absolute atomic E-state index is 0.269. The van der Waals surface area contributed by atoms with Crippen LogP contribution in [0.2, 0.25) is 0 Å². The van der Waals surface area contributed by atoms with Gasteiger partial charge in [-0.2, -0.15) is 0 Å². The predicted octanol–water partition coefficient (Wildman–Crippen LogP) is -2.66. The molecule has 6 atom stereocenters. The zero-order valence-corrected chi connectivity index (χ0v) is 24.9. The van der Waals surface area contributed by atoms with Crippen molar-refractivity contribution in [1.29, 1.82) is 0 Å². The summed E-state index contributed by atoms with van der Waals surface area (Å²) in [4.78, 5) is 60.4. The highest BCUT2D eigenvalue weighted by molar-refractivity contribution is 5.83. The van der Waals surface area contributed by atoms with Gasteiger partial charge in [-0.25, -0.2) is 0 Å².